The summed E-state index contributed by atoms with van der Waals surface area (Å²) >= 11 is 4.88. The lowest BCUT2D eigenvalue weighted by Gasteiger charge is -1.96. The minimum absolute atomic E-state index is 0.00536. The number of nitrogens with one attached hydrogen (secondary N) is 1. The number of carbonyl (C=O) groups excluding carboxylic acids is 1. The molecule has 3 rings (SSSR count). The maximum Gasteiger partial charge on any atom is 0.225 e. The molecule has 3 aromatic rings. The van der Waals surface area contributed by atoms with E-state index in [-0.39, 0.29) is 5.91 Å². The maximum absolute atomic E-state index is 11.5. The zero-order valence-corrected chi connectivity index (χ0v) is 13.2. The summed E-state index contributed by atoms with van der Waals surface area (Å²) in [5, 5.41) is 7.62. The van der Waals surface area contributed by atoms with Crippen LogP contribution < -0.4 is 5.32 Å². The van der Waals surface area contributed by atoms with E-state index in [0.29, 0.717) is 11.6 Å². The number of nitrogens with zero attached hydrogens (tertiary/aromatic N) is 1. The number of aromatic nitrogens is 1. The van der Waals surface area contributed by atoms with E-state index in [0.717, 1.165) is 15.4 Å². The quantitative estimate of drug-likeness (QED) is 0.739. The molecule has 0 radical (unpaired) electrons. The molecule has 0 aliphatic heterocycles. The van der Waals surface area contributed by atoms with Crippen LogP contribution in [0.5, 0.6) is 0 Å². The van der Waals surface area contributed by atoms with Gasteiger partial charge >= 0.3 is 0 Å². The summed E-state index contributed by atoms with van der Waals surface area (Å²) in [7, 11) is 0. The third-order valence-electron chi connectivity index (χ3n) is 2.69. The molecule has 3 nitrogen and oxygen atoms in total. The van der Waals surface area contributed by atoms with Crippen LogP contribution in [-0.4, -0.2) is 10.9 Å². The van der Waals surface area contributed by atoms with Crippen molar-refractivity contribution < 1.29 is 4.79 Å². The second kappa shape index (κ2) is 5.87. The van der Waals surface area contributed by atoms with Gasteiger partial charge in [-0.2, -0.15) is 0 Å². The highest BCUT2D eigenvalue weighted by Gasteiger charge is 2.17. The first-order valence-electron chi connectivity index (χ1n) is 6.16. The average Bonchev–Trinajstić information content (AvgIpc) is 3.18. The van der Waals surface area contributed by atoms with Crippen LogP contribution in [0.3, 0.4) is 0 Å². The number of hydrogen-bond donors (Lipinski definition) is 1. The molecule has 0 aromatic carbocycles. The summed E-state index contributed by atoms with van der Waals surface area (Å²) in [6, 6.07) is 8.19. The third-order valence-corrected chi connectivity index (χ3v) is 5.59. The van der Waals surface area contributed by atoms with Crippen molar-refractivity contribution in [3.8, 4) is 20.3 Å². The third kappa shape index (κ3) is 2.67. The number of thiophene rings is 2. The van der Waals surface area contributed by atoms with Crippen molar-refractivity contribution in [1.29, 1.82) is 0 Å². The number of rotatable bonds is 4. The first-order chi connectivity index (χ1) is 9.78. The Balaban J connectivity index is 2.05. The highest BCUT2D eigenvalue weighted by Crippen LogP contribution is 2.42. The topological polar surface area (TPSA) is 42.0 Å². The zero-order valence-electron chi connectivity index (χ0n) is 10.8. The van der Waals surface area contributed by atoms with Gasteiger partial charge in [-0.3, -0.25) is 4.79 Å². The van der Waals surface area contributed by atoms with Gasteiger partial charge in [-0.05, 0) is 22.9 Å². The van der Waals surface area contributed by atoms with Crippen molar-refractivity contribution in [2.24, 2.45) is 0 Å². The molecule has 0 unspecified atom stereocenters. The Morgan fingerprint density at radius 1 is 1.20 bits per heavy atom. The summed E-state index contributed by atoms with van der Waals surface area (Å²) in [5.74, 6) is -0.00536. The Kier molecular flexibility index (Phi) is 3.95. The van der Waals surface area contributed by atoms with Gasteiger partial charge in [0.25, 0.3) is 0 Å². The number of carbonyl (C=O) groups is 1. The maximum atomic E-state index is 11.5. The number of thiazole rings is 1. The Hall–Kier alpha value is -1.50. The average molecular weight is 320 g/mol. The zero-order chi connectivity index (χ0) is 13.9. The summed E-state index contributed by atoms with van der Waals surface area (Å²) < 4.78 is 0. The predicted molar refractivity (Wildman–Crippen MR) is 87.7 cm³/mol. The van der Waals surface area contributed by atoms with Gasteiger partial charge in [0.2, 0.25) is 5.91 Å². The number of amides is 1. The molecule has 102 valence electrons. The standard InChI is InChI=1S/C14H12N2OS3/c1-2-11(17)15-14-16-12(9-5-3-7-18-9)13(20-14)10-6-4-8-19-10/h3-8H,2H2,1H3,(H,15,16,17). The van der Waals surface area contributed by atoms with E-state index in [2.05, 4.69) is 27.8 Å². The van der Waals surface area contributed by atoms with Crippen molar-refractivity contribution in [3.05, 3.63) is 35.0 Å². The second-order valence-electron chi connectivity index (χ2n) is 4.05. The number of anilines is 1. The molecule has 0 spiro atoms. The first kappa shape index (κ1) is 13.5. The molecule has 3 heterocycles. The van der Waals surface area contributed by atoms with Crippen LogP contribution in [0, 0.1) is 0 Å². The van der Waals surface area contributed by atoms with E-state index >= 15 is 0 Å². The van der Waals surface area contributed by atoms with Gasteiger partial charge in [0.05, 0.1) is 9.75 Å². The molecule has 1 N–H and O–H groups in total. The van der Waals surface area contributed by atoms with E-state index in [4.69, 9.17) is 0 Å². The minimum atomic E-state index is -0.00536. The van der Waals surface area contributed by atoms with Gasteiger partial charge < -0.3 is 5.32 Å². The monoisotopic (exact) mass is 320 g/mol. The molecular weight excluding hydrogens is 308 g/mol. The number of hydrogen-bond acceptors (Lipinski definition) is 5. The molecule has 0 bridgehead atoms. The fourth-order valence-corrected chi connectivity index (χ4v) is 4.37. The van der Waals surface area contributed by atoms with E-state index in [9.17, 15) is 4.79 Å². The van der Waals surface area contributed by atoms with E-state index in [1.165, 1.54) is 16.2 Å². The van der Waals surface area contributed by atoms with Crippen LogP contribution in [0.2, 0.25) is 0 Å². The fourth-order valence-electron chi connectivity index (χ4n) is 1.74. The molecule has 0 saturated heterocycles. The molecule has 0 saturated carbocycles. The molecule has 1 amide bonds. The van der Waals surface area contributed by atoms with Crippen molar-refractivity contribution in [2.45, 2.75) is 13.3 Å². The van der Waals surface area contributed by atoms with Crippen molar-refractivity contribution in [3.63, 3.8) is 0 Å². The smallest absolute Gasteiger partial charge is 0.225 e. The van der Waals surface area contributed by atoms with Crippen molar-refractivity contribution in [1.82, 2.24) is 4.98 Å². The lowest BCUT2D eigenvalue weighted by molar-refractivity contribution is -0.115. The summed E-state index contributed by atoms with van der Waals surface area (Å²) in [6.45, 7) is 1.84. The van der Waals surface area contributed by atoms with E-state index in [1.54, 1.807) is 22.7 Å². The molecule has 0 fully saturated rings. The summed E-state index contributed by atoms with van der Waals surface area (Å²) in [5.41, 5.74) is 0.957. The Labute approximate surface area is 128 Å². The van der Waals surface area contributed by atoms with Crippen molar-refractivity contribution >= 4 is 45.0 Å². The SMILES string of the molecule is CCC(=O)Nc1nc(-c2cccs2)c(-c2cccs2)s1. The minimum Gasteiger partial charge on any atom is -0.302 e. The van der Waals surface area contributed by atoms with Gasteiger partial charge in [-0.25, -0.2) is 4.98 Å². The molecular formula is C14H12N2OS3. The molecule has 0 atom stereocenters. The lowest BCUT2D eigenvalue weighted by atomic mass is 10.3. The predicted octanol–water partition coefficient (Wildman–Crippen LogP) is 4.95. The lowest BCUT2D eigenvalue weighted by Crippen LogP contribution is -2.08. The second-order valence-corrected chi connectivity index (χ2v) is 6.95. The molecule has 0 aliphatic rings. The fraction of sp³-hybridized carbons (Fsp3) is 0.143. The Morgan fingerprint density at radius 2 is 1.90 bits per heavy atom. The van der Waals surface area contributed by atoms with Gasteiger partial charge in [-0.15, -0.1) is 22.7 Å². The first-order valence-corrected chi connectivity index (χ1v) is 8.74. The van der Waals surface area contributed by atoms with Crippen LogP contribution in [-0.2, 0) is 4.79 Å². The van der Waals surface area contributed by atoms with E-state index in [1.807, 2.05) is 24.4 Å². The van der Waals surface area contributed by atoms with Crippen LogP contribution in [0.25, 0.3) is 20.3 Å². The van der Waals surface area contributed by atoms with Gasteiger partial charge in [0.15, 0.2) is 5.13 Å². The molecule has 3 aromatic heterocycles. The highest BCUT2D eigenvalue weighted by molar-refractivity contribution is 7.24. The summed E-state index contributed by atoms with van der Waals surface area (Å²) in [6.07, 6.45) is 0.461. The largest absolute Gasteiger partial charge is 0.302 e. The van der Waals surface area contributed by atoms with Crippen LogP contribution in [0.1, 0.15) is 13.3 Å². The molecule has 0 aliphatic carbocycles. The Morgan fingerprint density at radius 3 is 2.50 bits per heavy atom. The normalized spacial score (nSPS) is 10.7. The highest BCUT2D eigenvalue weighted by atomic mass is 32.1. The van der Waals surface area contributed by atoms with E-state index < -0.39 is 0 Å². The molecule has 6 heteroatoms. The Bertz CT molecular complexity index is 647. The van der Waals surface area contributed by atoms with Gasteiger partial charge in [0, 0.05) is 11.3 Å². The van der Waals surface area contributed by atoms with Gasteiger partial charge in [-0.1, -0.05) is 30.4 Å². The van der Waals surface area contributed by atoms with Crippen LogP contribution >= 0.6 is 34.0 Å². The van der Waals surface area contributed by atoms with Crippen LogP contribution in [0.15, 0.2) is 35.0 Å². The van der Waals surface area contributed by atoms with Crippen molar-refractivity contribution in [2.75, 3.05) is 5.32 Å². The molecule has 20 heavy (non-hydrogen) atoms. The summed E-state index contributed by atoms with van der Waals surface area (Å²) in [4.78, 5) is 19.6. The van der Waals surface area contributed by atoms with Crippen LogP contribution in [0.4, 0.5) is 5.13 Å². The van der Waals surface area contributed by atoms with Gasteiger partial charge in [0.1, 0.15) is 5.69 Å².